The first-order valence-electron chi connectivity index (χ1n) is 11.1. The third-order valence-electron chi connectivity index (χ3n) is 5.79. The molecular weight excluding hydrogens is 444 g/mol. The van der Waals surface area contributed by atoms with Crippen LogP contribution in [0.1, 0.15) is 70.0 Å². The number of aromatic nitrogens is 3. The third-order valence-corrected chi connectivity index (χ3v) is 5.79. The Morgan fingerprint density at radius 1 is 1.12 bits per heavy atom. The number of aliphatic carboxylic acids is 3. The molecule has 0 aromatic carbocycles. The van der Waals surface area contributed by atoms with Crippen molar-refractivity contribution < 1.29 is 34.8 Å². The molecule has 188 valence electrons. The normalized spacial score (nSPS) is 16.3. The summed E-state index contributed by atoms with van der Waals surface area (Å²) in [6, 6.07) is 4.94. The van der Waals surface area contributed by atoms with Crippen LogP contribution in [0.15, 0.2) is 24.5 Å². The van der Waals surface area contributed by atoms with Gasteiger partial charge >= 0.3 is 17.9 Å². The van der Waals surface area contributed by atoms with Crippen molar-refractivity contribution in [2.24, 2.45) is 0 Å². The molecule has 2 aromatic rings. The molecule has 2 aromatic heterocycles. The molecule has 1 aliphatic rings. The van der Waals surface area contributed by atoms with E-state index in [2.05, 4.69) is 65.7 Å². The monoisotopic (exact) mass is 478 g/mol. The number of hydrogen-bond acceptors (Lipinski definition) is 6. The number of carbonyl (C=O) groups is 3. The number of aliphatic hydroxyl groups is 1. The molecule has 3 heterocycles. The molecule has 0 spiro atoms. The van der Waals surface area contributed by atoms with Crippen LogP contribution < -0.4 is 0 Å². The van der Waals surface area contributed by atoms with E-state index in [1.807, 2.05) is 6.20 Å². The van der Waals surface area contributed by atoms with Gasteiger partial charge in [0.1, 0.15) is 0 Å². The van der Waals surface area contributed by atoms with Crippen LogP contribution in [0.3, 0.4) is 0 Å². The van der Waals surface area contributed by atoms with Gasteiger partial charge in [-0.25, -0.2) is 4.79 Å². The first-order valence-corrected chi connectivity index (χ1v) is 11.1. The maximum atomic E-state index is 10.3. The molecule has 0 aliphatic carbocycles. The predicted octanol–water partition coefficient (Wildman–Crippen LogP) is 2.23. The lowest BCUT2D eigenvalue weighted by atomic mass is 9.89. The molecule has 0 saturated heterocycles. The molecule has 0 bridgehead atoms. The van der Waals surface area contributed by atoms with Gasteiger partial charge in [0.15, 0.2) is 5.60 Å². The van der Waals surface area contributed by atoms with Crippen molar-refractivity contribution in [2.75, 3.05) is 6.54 Å². The van der Waals surface area contributed by atoms with E-state index in [1.165, 1.54) is 17.0 Å². The molecule has 5 N–H and O–H groups in total. The van der Waals surface area contributed by atoms with Gasteiger partial charge in [-0.05, 0) is 18.6 Å². The Morgan fingerprint density at radius 2 is 1.74 bits per heavy atom. The van der Waals surface area contributed by atoms with Crippen molar-refractivity contribution in [1.82, 2.24) is 19.7 Å². The highest BCUT2D eigenvalue weighted by Crippen LogP contribution is 2.32. The Kier molecular flexibility index (Phi) is 8.62. The Labute approximate surface area is 198 Å². The Morgan fingerprint density at radius 3 is 2.24 bits per heavy atom. The maximum Gasteiger partial charge on any atom is 0.336 e. The maximum absolute atomic E-state index is 10.3. The molecule has 0 amide bonds. The zero-order chi connectivity index (χ0) is 25.7. The highest BCUT2D eigenvalue weighted by atomic mass is 16.4. The van der Waals surface area contributed by atoms with E-state index in [4.69, 9.17) is 20.4 Å². The Hall–Kier alpha value is -3.18. The third kappa shape index (κ3) is 6.67. The van der Waals surface area contributed by atoms with Gasteiger partial charge in [-0.3, -0.25) is 19.6 Å². The van der Waals surface area contributed by atoms with Crippen LogP contribution in [-0.4, -0.2) is 70.1 Å². The molecule has 3 rings (SSSR count). The zero-order valence-electron chi connectivity index (χ0n) is 20.0. The number of aromatic amines is 1. The quantitative estimate of drug-likeness (QED) is 0.382. The summed E-state index contributed by atoms with van der Waals surface area (Å²) in [6.45, 7) is 12.2. The van der Waals surface area contributed by atoms with Crippen molar-refractivity contribution in [1.29, 1.82) is 0 Å². The SMILES string of the molecule is CCC1c2cccn2CCN1Cc1cn[nH]c1C(C)(C)C.O=C(O)CC(O)(CC(=O)O)C(=O)O. The van der Waals surface area contributed by atoms with Crippen LogP contribution in [0, 0.1) is 0 Å². The fourth-order valence-corrected chi connectivity index (χ4v) is 4.18. The van der Waals surface area contributed by atoms with Gasteiger partial charge < -0.3 is 25.0 Å². The van der Waals surface area contributed by atoms with E-state index >= 15 is 0 Å². The van der Waals surface area contributed by atoms with E-state index in [0.29, 0.717) is 6.04 Å². The number of rotatable bonds is 8. The van der Waals surface area contributed by atoms with Gasteiger partial charge in [0, 0.05) is 48.2 Å². The van der Waals surface area contributed by atoms with Gasteiger partial charge in [0.25, 0.3) is 0 Å². The summed E-state index contributed by atoms with van der Waals surface area (Å²) in [5.41, 5.74) is 1.42. The fraction of sp³-hybridized carbons (Fsp3) is 0.565. The van der Waals surface area contributed by atoms with Crippen molar-refractivity contribution in [2.45, 2.75) is 77.1 Å². The molecule has 1 unspecified atom stereocenters. The first-order chi connectivity index (χ1) is 15.8. The summed E-state index contributed by atoms with van der Waals surface area (Å²) < 4.78 is 2.39. The number of nitrogens with one attached hydrogen (secondary N) is 1. The molecule has 0 radical (unpaired) electrons. The average molecular weight is 479 g/mol. The van der Waals surface area contributed by atoms with E-state index in [0.717, 1.165) is 26.1 Å². The number of fused-ring (bicyclic) bond motifs is 1. The molecule has 34 heavy (non-hydrogen) atoms. The number of carboxylic acids is 3. The van der Waals surface area contributed by atoms with E-state index in [-0.39, 0.29) is 5.41 Å². The van der Waals surface area contributed by atoms with Gasteiger partial charge in [-0.15, -0.1) is 0 Å². The molecule has 1 atom stereocenters. The Balaban J connectivity index is 0.000000273. The summed E-state index contributed by atoms with van der Waals surface area (Å²) >= 11 is 0. The second-order valence-corrected chi connectivity index (χ2v) is 9.52. The summed E-state index contributed by atoms with van der Waals surface area (Å²) in [4.78, 5) is 33.1. The summed E-state index contributed by atoms with van der Waals surface area (Å²) in [6.07, 6.45) is 3.06. The van der Waals surface area contributed by atoms with Crippen molar-refractivity contribution in [3.8, 4) is 0 Å². The highest BCUT2D eigenvalue weighted by molar-refractivity contribution is 5.88. The average Bonchev–Trinajstić information content (AvgIpc) is 3.36. The Bertz CT molecular complexity index is 989. The fourth-order valence-electron chi connectivity index (χ4n) is 4.18. The number of H-pyrrole nitrogens is 1. The van der Waals surface area contributed by atoms with Crippen LogP contribution in [0.25, 0.3) is 0 Å². The van der Waals surface area contributed by atoms with Crippen LogP contribution in [-0.2, 0) is 32.9 Å². The summed E-state index contributed by atoms with van der Waals surface area (Å²) in [5.74, 6) is -5.02. The molecule has 0 saturated carbocycles. The lowest BCUT2D eigenvalue weighted by molar-refractivity contribution is -0.170. The molecule has 0 fully saturated rings. The highest BCUT2D eigenvalue weighted by Gasteiger charge is 2.40. The lowest BCUT2D eigenvalue weighted by Gasteiger charge is -2.37. The molecule has 11 heteroatoms. The number of carboxylic acid groups (broad SMARTS) is 3. The van der Waals surface area contributed by atoms with Crippen molar-refractivity contribution in [3.05, 3.63) is 41.5 Å². The van der Waals surface area contributed by atoms with Crippen molar-refractivity contribution in [3.63, 3.8) is 0 Å². The summed E-state index contributed by atoms with van der Waals surface area (Å²) in [7, 11) is 0. The minimum Gasteiger partial charge on any atom is -0.481 e. The minimum absolute atomic E-state index is 0.115. The topological polar surface area (TPSA) is 169 Å². The smallest absolute Gasteiger partial charge is 0.336 e. The van der Waals surface area contributed by atoms with Crippen LogP contribution in [0.4, 0.5) is 0 Å². The number of hydrogen-bond donors (Lipinski definition) is 5. The van der Waals surface area contributed by atoms with Crippen LogP contribution >= 0.6 is 0 Å². The summed E-state index contributed by atoms with van der Waals surface area (Å²) in [5, 5.41) is 41.3. The first kappa shape index (κ1) is 27.1. The van der Waals surface area contributed by atoms with E-state index in [1.54, 1.807) is 0 Å². The predicted molar refractivity (Wildman–Crippen MR) is 122 cm³/mol. The largest absolute Gasteiger partial charge is 0.481 e. The lowest BCUT2D eigenvalue weighted by Crippen LogP contribution is -2.42. The van der Waals surface area contributed by atoms with Crippen LogP contribution in [0.2, 0.25) is 0 Å². The van der Waals surface area contributed by atoms with E-state index in [9.17, 15) is 14.4 Å². The number of nitrogens with zero attached hydrogens (tertiary/aromatic N) is 3. The van der Waals surface area contributed by atoms with Gasteiger partial charge in [0.05, 0.1) is 25.1 Å². The molecular formula is C23H34N4O7. The second-order valence-electron chi connectivity index (χ2n) is 9.52. The molecule has 11 nitrogen and oxygen atoms in total. The van der Waals surface area contributed by atoms with E-state index < -0.39 is 36.4 Å². The zero-order valence-corrected chi connectivity index (χ0v) is 20.0. The van der Waals surface area contributed by atoms with Crippen molar-refractivity contribution >= 4 is 17.9 Å². The molecule has 1 aliphatic heterocycles. The minimum atomic E-state index is -2.74. The van der Waals surface area contributed by atoms with Gasteiger partial charge in [-0.2, -0.15) is 5.10 Å². The van der Waals surface area contributed by atoms with Gasteiger partial charge in [0.2, 0.25) is 0 Å². The second kappa shape index (κ2) is 10.8. The standard InChI is InChI=1S/C17H26N4.C6H8O7/c1-5-14-15-7-6-8-20(15)9-10-21(14)12-13-11-18-19-16(13)17(2,3)4;7-3(8)1-6(13,5(11)12)2-4(9)10/h6-8,11,14H,5,9-10,12H2,1-4H3,(H,18,19);13H,1-2H2,(H,7,8)(H,9,10)(H,11,12). The van der Waals surface area contributed by atoms with Gasteiger partial charge in [-0.1, -0.05) is 27.7 Å². The van der Waals surface area contributed by atoms with Crippen LogP contribution in [0.5, 0.6) is 0 Å².